The van der Waals surface area contributed by atoms with Crippen molar-refractivity contribution < 1.29 is 19.6 Å². The minimum atomic E-state index is -0.609. The van der Waals surface area contributed by atoms with Gasteiger partial charge in [-0.05, 0) is 47.4 Å². The van der Waals surface area contributed by atoms with Gasteiger partial charge in [-0.15, -0.1) is 0 Å². The van der Waals surface area contributed by atoms with Gasteiger partial charge in [0, 0.05) is 36.4 Å². The molecule has 0 aliphatic heterocycles. The van der Waals surface area contributed by atoms with Crippen LogP contribution in [0.15, 0.2) is 96.1 Å². The first kappa shape index (κ1) is 28.4. The van der Waals surface area contributed by atoms with Gasteiger partial charge in [0.15, 0.2) is 0 Å². The predicted octanol–water partition coefficient (Wildman–Crippen LogP) is 6.05. The molecule has 0 bridgehead atoms. The number of nitro benzene ring substituents is 1. The van der Waals surface area contributed by atoms with Crippen LogP contribution in [0.2, 0.25) is 0 Å². The van der Waals surface area contributed by atoms with Crippen molar-refractivity contribution in [3.8, 4) is 11.8 Å². The highest BCUT2D eigenvalue weighted by Crippen LogP contribution is 2.25. The highest BCUT2D eigenvalue weighted by Gasteiger charge is 2.17. The molecular weight excluding hydrogens is 522 g/mol. The summed E-state index contributed by atoms with van der Waals surface area (Å²) in [6.45, 7) is 0. The molecule has 0 aromatic heterocycles. The van der Waals surface area contributed by atoms with Crippen LogP contribution in [0.3, 0.4) is 0 Å². The quantitative estimate of drug-likeness (QED) is 0.117. The number of anilines is 1. The molecule has 0 saturated carbocycles. The fraction of sp³-hybridized carbons (Fsp3) is 0.161. The van der Waals surface area contributed by atoms with Gasteiger partial charge in [-0.2, -0.15) is 10.4 Å². The molecule has 0 radical (unpaired) electrons. The number of nitrogens with one attached hydrogen (secondary N) is 2. The number of fused-ring (bicyclic) bond motifs is 1. The third kappa shape index (κ3) is 7.74. The Bertz CT molecular complexity index is 1650. The van der Waals surface area contributed by atoms with E-state index >= 15 is 0 Å². The lowest BCUT2D eigenvalue weighted by Gasteiger charge is -2.13. The lowest BCUT2D eigenvalue weighted by molar-refractivity contribution is -0.384. The van der Waals surface area contributed by atoms with E-state index in [1.165, 1.54) is 24.3 Å². The number of rotatable bonds is 11. The Labute approximate surface area is 236 Å². The zero-order chi connectivity index (χ0) is 29.2. The number of carbonyl (C=O) groups excluding carboxylic acids is 2. The molecule has 3 N–H and O–H groups in total. The molecule has 4 rings (SSSR count). The van der Waals surface area contributed by atoms with Crippen molar-refractivity contribution in [2.24, 2.45) is 5.10 Å². The highest BCUT2D eigenvalue weighted by atomic mass is 16.6. The zero-order valence-electron chi connectivity index (χ0n) is 22.0. The SMILES string of the molecule is N#C[C@@H](C/C(CCCC(=O)Nc1cccc([N+](=O)[O-])c1)=N\NC(=O)c1cc2ccccc2cc1O)c1ccccc1. The first-order valence-electron chi connectivity index (χ1n) is 12.9. The highest BCUT2D eigenvalue weighted by molar-refractivity contribution is 6.02. The number of non-ortho nitro benzene ring substituents is 1. The van der Waals surface area contributed by atoms with Gasteiger partial charge >= 0.3 is 0 Å². The summed E-state index contributed by atoms with van der Waals surface area (Å²) in [6, 6.07) is 27.5. The van der Waals surface area contributed by atoms with Crippen molar-refractivity contribution in [3.05, 3.63) is 112 Å². The maximum absolute atomic E-state index is 12.9. The number of hydrazone groups is 1. The van der Waals surface area contributed by atoms with Crippen LogP contribution in [0, 0.1) is 21.4 Å². The first-order chi connectivity index (χ1) is 19.8. The van der Waals surface area contributed by atoms with Crippen LogP contribution in [-0.4, -0.2) is 27.6 Å². The van der Waals surface area contributed by atoms with E-state index in [1.54, 1.807) is 12.1 Å². The topological polar surface area (TPSA) is 158 Å². The van der Waals surface area contributed by atoms with E-state index in [0.717, 1.165) is 16.3 Å². The second kappa shape index (κ2) is 13.5. The van der Waals surface area contributed by atoms with Crippen LogP contribution in [0.25, 0.3) is 10.8 Å². The minimum Gasteiger partial charge on any atom is -0.507 e. The molecule has 0 spiro atoms. The number of nitrogens with zero attached hydrogens (tertiary/aromatic N) is 3. The van der Waals surface area contributed by atoms with E-state index in [-0.39, 0.29) is 35.7 Å². The number of nitro groups is 1. The summed E-state index contributed by atoms with van der Waals surface area (Å²) in [4.78, 5) is 35.9. The maximum Gasteiger partial charge on any atom is 0.275 e. The van der Waals surface area contributed by atoms with Gasteiger partial charge in [0.05, 0.1) is 22.5 Å². The van der Waals surface area contributed by atoms with Crippen molar-refractivity contribution >= 4 is 39.7 Å². The molecule has 0 unspecified atom stereocenters. The van der Waals surface area contributed by atoms with Crippen LogP contribution in [0.4, 0.5) is 11.4 Å². The van der Waals surface area contributed by atoms with Crippen LogP contribution in [0.1, 0.15) is 47.5 Å². The molecule has 2 amide bonds. The van der Waals surface area contributed by atoms with Crippen molar-refractivity contribution in [1.82, 2.24) is 5.43 Å². The number of amides is 2. The Hall–Kier alpha value is -5.56. The molecular formula is C31H27N5O5. The molecule has 4 aromatic carbocycles. The average Bonchev–Trinajstić information content (AvgIpc) is 2.98. The summed E-state index contributed by atoms with van der Waals surface area (Å²) < 4.78 is 0. The van der Waals surface area contributed by atoms with Gasteiger partial charge < -0.3 is 10.4 Å². The first-order valence-corrected chi connectivity index (χ1v) is 12.9. The normalized spacial score (nSPS) is 11.8. The van der Waals surface area contributed by atoms with E-state index in [9.17, 15) is 30.1 Å². The predicted molar refractivity (Wildman–Crippen MR) is 156 cm³/mol. The van der Waals surface area contributed by atoms with Gasteiger partial charge in [-0.3, -0.25) is 19.7 Å². The molecule has 41 heavy (non-hydrogen) atoms. The van der Waals surface area contributed by atoms with Crippen molar-refractivity contribution in [1.29, 1.82) is 5.26 Å². The third-order valence-electron chi connectivity index (χ3n) is 6.43. The second-order valence-corrected chi connectivity index (χ2v) is 9.34. The Kier molecular flexibility index (Phi) is 9.36. The summed E-state index contributed by atoms with van der Waals surface area (Å²) in [5.41, 5.74) is 4.03. The maximum atomic E-state index is 12.9. The number of carbonyl (C=O) groups is 2. The summed E-state index contributed by atoms with van der Waals surface area (Å²) >= 11 is 0. The van der Waals surface area contributed by atoms with E-state index in [1.807, 2.05) is 54.6 Å². The fourth-order valence-corrected chi connectivity index (χ4v) is 4.34. The van der Waals surface area contributed by atoms with E-state index in [0.29, 0.717) is 24.2 Å². The second-order valence-electron chi connectivity index (χ2n) is 9.34. The molecule has 0 heterocycles. The third-order valence-corrected chi connectivity index (χ3v) is 6.43. The van der Waals surface area contributed by atoms with Gasteiger partial charge in [0.1, 0.15) is 5.75 Å². The molecule has 1 atom stereocenters. The van der Waals surface area contributed by atoms with Gasteiger partial charge in [-0.25, -0.2) is 5.43 Å². The molecule has 10 nitrogen and oxygen atoms in total. The Balaban J connectivity index is 1.46. The molecule has 0 fully saturated rings. The van der Waals surface area contributed by atoms with Crippen molar-refractivity contribution in [2.75, 3.05) is 5.32 Å². The van der Waals surface area contributed by atoms with Crippen molar-refractivity contribution in [3.63, 3.8) is 0 Å². The Morgan fingerprint density at radius 1 is 0.951 bits per heavy atom. The largest absolute Gasteiger partial charge is 0.507 e. The van der Waals surface area contributed by atoms with Crippen LogP contribution in [0.5, 0.6) is 5.75 Å². The lowest BCUT2D eigenvalue weighted by Crippen LogP contribution is -2.21. The van der Waals surface area contributed by atoms with Gasteiger partial charge in [-0.1, -0.05) is 60.7 Å². The summed E-state index contributed by atoms with van der Waals surface area (Å²) in [6.07, 6.45) is 0.960. The van der Waals surface area contributed by atoms with Gasteiger partial charge in [0.25, 0.3) is 11.6 Å². The number of phenols is 1. The molecule has 0 aliphatic rings. The number of nitriles is 1. The Morgan fingerprint density at radius 3 is 2.37 bits per heavy atom. The number of benzene rings is 4. The standard InChI is InChI=1S/C31H27N5O5/c32-20-24(21-8-2-1-3-9-21)16-26(13-7-15-30(38)33-25-12-6-14-27(19-25)36(40)41)34-35-31(39)28-17-22-10-4-5-11-23(22)18-29(28)37/h1-6,8-12,14,17-19,24,37H,7,13,15-16H2,(H,33,38)(H,35,39)/b34-26-/t24-/m1/s1. The summed E-state index contributed by atoms with van der Waals surface area (Å²) in [5, 5.41) is 39.7. The van der Waals surface area contributed by atoms with E-state index in [4.69, 9.17) is 0 Å². The molecule has 206 valence electrons. The number of hydrogen-bond donors (Lipinski definition) is 3. The zero-order valence-corrected chi connectivity index (χ0v) is 22.0. The van der Waals surface area contributed by atoms with Crippen LogP contribution < -0.4 is 10.7 Å². The number of hydrogen-bond acceptors (Lipinski definition) is 7. The monoisotopic (exact) mass is 549 g/mol. The van der Waals surface area contributed by atoms with E-state index < -0.39 is 16.7 Å². The number of phenolic OH excluding ortho intramolecular Hbond substituents is 1. The van der Waals surface area contributed by atoms with Crippen LogP contribution >= 0.6 is 0 Å². The molecule has 0 saturated heterocycles. The lowest BCUT2D eigenvalue weighted by atomic mass is 9.93. The van der Waals surface area contributed by atoms with Crippen molar-refractivity contribution in [2.45, 2.75) is 31.6 Å². The van der Waals surface area contributed by atoms with E-state index in [2.05, 4.69) is 21.9 Å². The molecule has 10 heteroatoms. The Morgan fingerprint density at radius 2 is 1.66 bits per heavy atom. The molecule has 4 aromatic rings. The smallest absolute Gasteiger partial charge is 0.275 e. The molecule has 0 aliphatic carbocycles. The number of aromatic hydroxyl groups is 1. The minimum absolute atomic E-state index is 0.0584. The summed E-state index contributed by atoms with van der Waals surface area (Å²) in [7, 11) is 0. The van der Waals surface area contributed by atoms with Crippen LogP contribution in [-0.2, 0) is 4.79 Å². The van der Waals surface area contributed by atoms with Gasteiger partial charge in [0.2, 0.25) is 5.91 Å². The fourth-order valence-electron chi connectivity index (χ4n) is 4.34. The summed E-state index contributed by atoms with van der Waals surface area (Å²) in [5.74, 6) is -1.66. The average molecular weight is 550 g/mol.